The third kappa shape index (κ3) is 3.34. The van der Waals surface area contributed by atoms with Gasteiger partial charge >= 0.3 is 0 Å². The minimum absolute atomic E-state index is 0.0375. The Labute approximate surface area is 133 Å². The van der Waals surface area contributed by atoms with E-state index < -0.39 is 17.4 Å². The molecular formula is C18H16FNO3. The standard InChI is InChI=1S/C18H16FNO3/c1-4-13(18(22)16-11(2)6-5-9-20-16)17(21)12-7-8-15(23-3)14(19)10-12/h4-10H,1-3H3/b13-4-. The Morgan fingerprint density at radius 3 is 2.52 bits per heavy atom. The summed E-state index contributed by atoms with van der Waals surface area (Å²) >= 11 is 0. The lowest BCUT2D eigenvalue weighted by Gasteiger charge is -2.08. The Bertz CT molecular complexity index is 797. The largest absolute Gasteiger partial charge is 0.494 e. The summed E-state index contributed by atoms with van der Waals surface area (Å²) in [6.45, 7) is 3.33. The molecule has 1 aromatic carbocycles. The minimum atomic E-state index is -0.657. The average molecular weight is 313 g/mol. The Balaban J connectivity index is 2.38. The summed E-state index contributed by atoms with van der Waals surface area (Å²) in [5.74, 6) is -1.65. The van der Waals surface area contributed by atoms with Crippen molar-refractivity contribution < 1.29 is 18.7 Å². The van der Waals surface area contributed by atoms with Crippen molar-refractivity contribution in [3.8, 4) is 5.75 Å². The molecule has 2 rings (SSSR count). The zero-order valence-corrected chi connectivity index (χ0v) is 13.1. The lowest BCUT2D eigenvalue weighted by Crippen LogP contribution is -2.16. The smallest absolute Gasteiger partial charge is 0.215 e. The van der Waals surface area contributed by atoms with Crippen molar-refractivity contribution in [2.24, 2.45) is 0 Å². The summed E-state index contributed by atoms with van der Waals surface area (Å²) in [6.07, 6.45) is 2.91. The van der Waals surface area contributed by atoms with Crippen LogP contribution in [0.1, 0.15) is 33.3 Å². The van der Waals surface area contributed by atoms with Crippen LogP contribution in [-0.2, 0) is 0 Å². The number of carbonyl (C=O) groups is 2. The van der Waals surface area contributed by atoms with Crippen molar-refractivity contribution in [1.82, 2.24) is 4.98 Å². The van der Waals surface area contributed by atoms with Crippen molar-refractivity contribution in [3.05, 3.63) is 70.8 Å². The molecule has 0 spiro atoms. The first kappa shape index (κ1) is 16.5. The highest BCUT2D eigenvalue weighted by Gasteiger charge is 2.23. The van der Waals surface area contributed by atoms with Gasteiger partial charge in [-0.2, -0.15) is 0 Å². The first-order chi connectivity index (χ1) is 11.0. The van der Waals surface area contributed by atoms with Gasteiger partial charge in [0.05, 0.1) is 12.7 Å². The number of methoxy groups -OCH3 is 1. The fraction of sp³-hybridized carbons (Fsp3) is 0.167. The Morgan fingerprint density at radius 1 is 1.22 bits per heavy atom. The maximum absolute atomic E-state index is 13.8. The number of aromatic nitrogens is 1. The predicted octanol–water partition coefficient (Wildman–Crippen LogP) is 3.55. The second kappa shape index (κ2) is 6.96. The van der Waals surface area contributed by atoms with E-state index in [1.54, 1.807) is 26.0 Å². The summed E-state index contributed by atoms with van der Waals surface area (Å²) < 4.78 is 18.6. The van der Waals surface area contributed by atoms with Gasteiger partial charge in [0.25, 0.3) is 0 Å². The highest BCUT2D eigenvalue weighted by molar-refractivity contribution is 6.30. The molecule has 0 fully saturated rings. The Kier molecular flexibility index (Phi) is 5.01. The third-order valence-electron chi connectivity index (χ3n) is 3.42. The van der Waals surface area contributed by atoms with Crippen LogP contribution in [0.4, 0.5) is 4.39 Å². The minimum Gasteiger partial charge on any atom is -0.494 e. The summed E-state index contributed by atoms with van der Waals surface area (Å²) in [7, 11) is 1.34. The maximum atomic E-state index is 13.8. The van der Waals surface area contributed by atoms with Gasteiger partial charge in [-0.1, -0.05) is 12.1 Å². The van der Waals surface area contributed by atoms with Crippen molar-refractivity contribution in [1.29, 1.82) is 0 Å². The predicted molar refractivity (Wildman–Crippen MR) is 84.3 cm³/mol. The number of ether oxygens (including phenoxy) is 1. The number of rotatable bonds is 5. The van der Waals surface area contributed by atoms with Crippen molar-refractivity contribution in [3.63, 3.8) is 0 Å². The van der Waals surface area contributed by atoms with Crippen LogP contribution in [0.25, 0.3) is 0 Å². The summed E-state index contributed by atoms with van der Waals surface area (Å²) in [5.41, 5.74) is 0.920. The number of hydrogen-bond donors (Lipinski definition) is 0. The van der Waals surface area contributed by atoms with Gasteiger partial charge in [0.2, 0.25) is 5.78 Å². The zero-order chi connectivity index (χ0) is 17.0. The van der Waals surface area contributed by atoms with E-state index >= 15 is 0 Å². The monoisotopic (exact) mass is 313 g/mol. The number of allylic oxidation sites excluding steroid dienone is 2. The molecule has 2 aromatic rings. The van der Waals surface area contributed by atoms with E-state index in [-0.39, 0.29) is 22.6 Å². The highest BCUT2D eigenvalue weighted by atomic mass is 19.1. The molecule has 118 valence electrons. The molecular weight excluding hydrogens is 297 g/mol. The Hall–Kier alpha value is -2.82. The topological polar surface area (TPSA) is 56.3 Å². The number of benzene rings is 1. The van der Waals surface area contributed by atoms with Crippen LogP contribution in [0.5, 0.6) is 5.75 Å². The van der Waals surface area contributed by atoms with Gasteiger partial charge in [-0.3, -0.25) is 14.6 Å². The van der Waals surface area contributed by atoms with Crippen LogP contribution in [0.3, 0.4) is 0 Å². The number of carbonyl (C=O) groups excluding carboxylic acids is 2. The van der Waals surface area contributed by atoms with E-state index in [9.17, 15) is 14.0 Å². The molecule has 0 saturated carbocycles. The van der Waals surface area contributed by atoms with E-state index in [0.29, 0.717) is 5.56 Å². The SMILES string of the molecule is C/C=C(/C(=O)c1ccc(OC)c(F)c1)C(=O)c1ncccc1C. The number of Topliss-reactive ketones (excluding diaryl/α,β-unsaturated/α-hetero) is 2. The van der Waals surface area contributed by atoms with Crippen LogP contribution in [0.15, 0.2) is 48.2 Å². The van der Waals surface area contributed by atoms with Gasteiger partial charge in [0.15, 0.2) is 17.3 Å². The number of hydrogen-bond acceptors (Lipinski definition) is 4. The number of nitrogens with zero attached hydrogens (tertiary/aromatic N) is 1. The molecule has 0 aliphatic rings. The summed E-state index contributed by atoms with van der Waals surface area (Å²) in [4.78, 5) is 29.1. The van der Waals surface area contributed by atoms with Gasteiger partial charge in [0, 0.05) is 11.8 Å². The molecule has 0 amide bonds. The lowest BCUT2D eigenvalue weighted by atomic mass is 9.96. The van der Waals surface area contributed by atoms with Gasteiger partial charge < -0.3 is 4.74 Å². The molecule has 0 radical (unpaired) electrons. The molecule has 0 atom stereocenters. The van der Waals surface area contributed by atoms with Gasteiger partial charge in [-0.15, -0.1) is 0 Å². The average Bonchev–Trinajstić information content (AvgIpc) is 2.55. The number of ketones is 2. The fourth-order valence-electron chi connectivity index (χ4n) is 2.18. The molecule has 23 heavy (non-hydrogen) atoms. The molecule has 0 unspecified atom stereocenters. The molecule has 0 saturated heterocycles. The highest BCUT2D eigenvalue weighted by Crippen LogP contribution is 2.21. The molecule has 1 heterocycles. The van der Waals surface area contributed by atoms with Crippen LogP contribution >= 0.6 is 0 Å². The Morgan fingerprint density at radius 2 is 1.96 bits per heavy atom. The molecule has 0 bridgehead atoms. The molecule has 4 nitrogen and oxygen atoms in total. The second-order valence-electron chi connectivity index (χ2n) is 4.88. The van der Waals surface area contributed by atoms with Crippen LogP contribution in [-0.4, -0.2) is 23.7 Å². The quantitative estimate of drug-likeness (QED) is 0.366. The van der Waals surface area contributed by atoms with Crippen molar-refractivity contribution in [2.45, 2.75) is 13.8 Å². The summed E-state index contributed by atoms with van der Waals surface area (Å²) in [6, 6.07) is 7.29. The van der Waals surface area contributed by atoms with Gasteiger partial charge in [-0.05, 0) is 43.7 Å². The molecule has 0 aliphatic carbocycles. The van der Waals surface area contributed by atoms with E-state index in [0.717, 1.165) is 6.07 Å². The fourth-order valence-corrected chi connectivity index (χ4v) is 2.18. The normalized spacial score (nSPS) is 11.2. The van der Waals surface area contributed by atoms with E-state index in [1.165, 1.54) is 31.5 Å². The van der Waals surface area contributed by atoms with Crippen molar-refractivity contribution in [2.75, 3.05) is 7.11 Å². The number of aryl methyl sites for hydroxylation is 1. The summed E-state index contributed by atoms with van der Waals surface area (Å²) in [5, 5.41) is 0. The second-order valence-corrected chi connectivity index (χ2v) is 4.88. The van der Waals surface area contributed by atoms with E-state index in [4.69, 9.17) is 4.74 Å². The van der Waals surface area contributed by atoms with Gasteiger partial charge in [0.1, 0.15) is 5.69 Å². The van der Waals surface area contributed by atoms with E-state index in [1.807, 2.05) is 0 Å². The molecule has 1 aromatic heterocycles. The van der Waals surface area contributed by atoms with Crippen molar-refractivity contribution >= 4 is 11.6 Å². The third-order valence-corrected chi connectivity index (χ3v) is 3.42. The first-order valence-electron chi connectivity index (χ1n) is 7.00. The zero-order valence-electron chi connectivity index (χ0n) is 13.1. The van der Waals surface area contributed by atoms with Gasteiger partial charge in [-0.25, -0.2) is 4.39 Å². The van der Waals surface area contributed by atoms with E-state index in [2.05, 4.69) is 4.98 Å². The lowest BCUT2D eigenvalue weighted by molar-refractivity contribution is 0.0959. The van der Waals surface area contributed by atoms with Crippen LogP contribution in [0.2, 0.25) is 0 Å². The maximum Gasteiger partial charge on any atom is 0.215 e. The first-order valence-corrected chi connectivity index (χ1v) is 7.00. The molecule has 5 heteroatoms. The molecule has 0 N–H and O–H groups in total. The van der Waals surface area contributed by atoms with Crippen LogP contribution in [0, 0.1) is 12.7 Å². The number of halogens is 1. The molecule has 0 aliphatic heterocycles. The number of pyridine rings is 1. The van der Waals surface area contributed by atoms with Crippen LogP contribution < -0.4 is 4.74 Å².